The van der Waals surface area contributed by atoms with E-state index in [1.165, 1.54) is 0 Å². The van der Waals surface area contributed by atoms with E-state index in [9.17, 15) is 14.7 Å². The van der Waals surface area contributed by atoms with Gasteiger partial charge in [-0.1, -0.05) is 6.92 Å². The molecule has 1 N–H and O–H groups in total. The zero-order valence-electron chi connectivity index (χ0n) is 9.96. The van der Waals surface area contributed by atoms with Crippen molar-refractivity contribution in [3.63, 3.8) is 0 Å². The summed E-state index contributed by atoms with van der Waals surface area (Å²) in [4.78, 5) is 26.2. The van der Waals surface area contributed by atoms with Crippen molar-refractivity contribution in [2.75, 3.05) is 32.8 Å². The minimum Gasteiger partial charge on any atom is -0.447 e. The van der Waals surface area contributed by atoms with Crippen molar-refractivity contribution in [1.82, 2.24) is 9.80 Å². The molecule has 2 amide bonds. The Hall–Kier alpha value is -1.14. The van der Waals surface area contributed by atoms with Crippen molar-refractivity contribution in [1.29, 1.82) is 0 Å². The first-order valence-corrected chi connectivity index (χ1v) is 5.95. The Labute approximate surface area is 100 Å². The van der Waals surface area contributed by atoms with Crippen LogP contribution in [0.4, 0.5) is 4.79 Å². The molecule has 2 rings (SSSR count). The van der Waals surface area contributed by atoms with E-state index in [0.717, 1.165) is 17.9 Å². The Morgan fingerprint density at radius 3 is 2.88 bits per heavy atom. The number of carbonyl (C=O) groups is 2. The van der Waals surface area contributed by atoms with Crippen LogP contribution in [0.3, 0.4) is 0 Å². The van der Waals surface area contributed by atoms with E-state index in [0.29, 0.717) is 12.5 Å². The fraction of sp³-hybridized carbons (Fsp3) is 0.818. The first-order valence-electron chi connectivity index (χ1n) is 5.95. The highest BCUT2D eigenvalue weighted by molar-refractivity contribution is 5.94. The minimum atomic E-state index is -0.553. The standard InChI is InChI=1S/C11H18N2O4/c1-8-2-3-12(9(8)7-14)6-10(15)13-4-5-17-11(13)16/h8-9,14H,2-7H2,1H3. The van der Waals surface area contributed by atoms with Crippen molar-refractivity contribution in [2.24, 2.45) is 5.92 Å². The molecular weight excluding hydrogens is 224 g/mol. The molecule has 0 aromatic rings. The van der Waals surface area contributed by atoms with E-state index in [2.05, 4.69) is 6.92 Å². The quantitative estimate of drug-likeness (QED) is 0.733. The lowest BCUT2D eigenvalue weighted by molar-refractivity contribution is -0.129. The summed E-state index contributed by atoms with van der Waals surface area (Å²) in [5, 5.41) is 9.28. The third-order valence-electron chi connectivity index (χ3n) is 3.58. The normalized spacial score (nSPS) is 29.8. The van der Waals surface area contributed by atoms with Gasteiger partial charge in [-0.15, -0.1) is 0 Å². The number of hydrogen-bond acceptors (Lipinski definition) is 5. The largest absolute Gasteiger partial charge is 0.447 e. The molecule has 17 heavy (non-hydrogen) atoms. The number of nitrogens with zero attached hydrogens (tertiary/aromatic N) is 2. The smallest absolute Gasteiger partial charge is 0.416 e. The van der Waals surface area contributed by atoms with Crippen LogP contribution in [-0.2, 0) is 9.53 Å². The van der Waals surface area contributed by atoms with E-state index < -0.39 is 6.09 Å². The van der Waals surface area contributed by atoms with Crippen LogP contribution in [0.1, 0.15) is 13.3 Å². The Morgan fingerprint density at radius 2 is 2.29 bits per heavy atom. The van der Waals surface area contributed by atoms with Crippen LogP contribution in [0.2, 0.25) is 0 Å². The molecule has 96 valence electrons. The van der Waals surface area contributed by atoms with Gasteiger partial charge in [0, 0.05) is 6.04 Å². The number of hydrogen-bond donors (Lipinski definition) is 1. The highest BCUT2D eigenvalue weighted by Crippen LogP contribution is 2.23. The second-order valence-corrected chi connectivity index (χ2v) is 4.65. The van der Waals surface area contributed by atoms with Crippen LogP contribution in [0, 0.1) is 5.92 Å². The van der Waals surface area contributed by atoms with Gasteiger partial charge in [-0.2, -0.15) is 0 Å². The van der Waals surface area contributed by atoms with Gasteiger partial charge in [0.2, 0.25) is 5.91 Å². The molecule has 2 heterocycles. The summed E-state index contributed by atoms with van der Waals surface area (Å²) in [6, 6.07) is 0.0255. The molecule has 0 bridgehead atoms. The van der Waals surface area contributed by atoms with Gasteiger partial charge in [-0.3, -0.25) is 9.69 Å². The van der Waals surface area contributed by atoms with Crippen LogP contribution in [-0.4, -0.2) is 65.8 Å². The Kier molecular flexibility index (Phi) is 3.63. The van der Waals surface area contributed by atoms with Crippen LogP contribution >= 0.6 is 0 Å². The number of amides is 2. The maximum Gasteiger partial charge on any atom is 0.416 e. The van der Waals surface area contributed by atoms with Gasteiger partial charge in [0.15, 0.2) is 0 Å². The predicted octanol–water partition coefficient (Wildman–Crippen LogP) is -0.332. The molecule has 0 aliphatic carbocycles. The SMILES string of the molecule is CC1CCN(CC(=O)N2CCOC2=O)C1CO. The zero-order valence-corrected chi connectivity index (χ0v) is 9.96. The Bertz CT molecular complexity index is 321. The Balaban J connectivity index is 1.92. The summed E-state index contributed by atoms with van der Waals surface area (Å²) in [7, 11) is 0. The molecule has 0 spiro atoms. The molecule has 0 aromatic heterocycles. The number of cyclic esters (lactones) is 1. The molecule has 0 radical (unpaired) electrons. The molecule has 2 aliphatic heterocycles. The lowest BCUT2D eigenvalue weighted by Gasteiger charge is -2.25. The number of rotatable bonds is 3. The van der Waals surface area contributed by atoms with Crippen molar-refractivity contribution < 1.29 is 19.4 Å². The average Bonchev–Trinajstić information content (AvgIpc) is 2.85. The fourth-order valence-electron chi connectivity index (χ4n) is 2.46. The molecule has 0 saturated carbocycles. The summed E-state index contributed by atoms with van der Waals surface area (Å²) in [5.74, 6) is 0.151. The minimum absolute atomic E-state index is 0.0255. The summed E-state index contributed by atoms with van der Waals surface area (Å²) < 4.78 is 4.72. The van der Waals surface area contributed by atoms with E-state index in [1.54, 1.807) is 0 Å². The summed E-state index contributed by atoms with van der Waals surface area (Å²) in [5.41, 5.74) is 0. The van der Waals surface area contributed by atoms with Gasteiger partial charge in [-0.25, -0.2) is 9.69 Å². The van der Waals surface area contributed by atoms with Gasteiger partial charge in [0.1, 0.15) is 6.61 Å². The average molecular weight is 242 g/mol. The van der Waals surface area contributed by atoms with E-state index >= 15 is 0 Å². The van der Waals surface area contributed by atoms with Crippen molar-refractivity contribution >= 4 is 12.0 Å². The van der Waals surface area contributed by atoms with E-state index in [-0.39, 0.29) is 31.7 Å². The summed E-state index contributed by atoms with van der Waals surface area (Å²) in [6.45, 7) is 3.72. The number of ether oxygens (including phenoxy) is 1. The van der Waals surface area contributed by atoms with Crippen LogP contribution in [0.5, 0.6) is 0 Å². The number of carbonyl (C=O) groups excluding carboxylic acids is 2. The number of likely N-dealkylation sites (tertiary alicyclic amines) is 1. The molecule has 6 heteroatoms. The molecular formula is C11H18N2O4. The second kappa shape index (κ2) is 5.01. The summed E-state index contributed by atoms with van der Waals surface area (Å²) >= 11 is 0. The number of imide groups is 1. The van der Waals surface area contributed by atoms with E-state index in [4.69, 9.17) is 4.74 Å². The van der Waals surface area contributed by atoms with Gasteiger partial charge in [-0.05, 0) is 18.9 Å². The molecule has 6 nitrogen and oxygen atoms in total. The van der Waals surface area contributed by atoms with Crippen LogP contribution < -0.4 is 0 Å². The van der Waals surface area contributed by atoms with Crippen LogP contribution in [0.25, 0.3) is 0 Å². The third-order valence-corrected chi connectivity index (χ3v) is 3.58. The van der Waals surface area contributed by atoms with Gasteiger partial charge in [0.05, 0.1) is 19.7 Å². The van der Waals surface area contributed by atoms with Crippen molar-refractivity contribution in [2.45, 2.75) is 19.4 Å². The zero-order chi connectivity index (χ0) is 12.4. The summed E-state index contributed by atoms with van der Waals surface area (Å²) in [6.07, 6.45) is 0.422. The van der Waals surface area contributed by atoms with Gasteiger partial charge in [0.25, 0.3) is 0 Å². The van der Waals surface area contributed by atoms with Crippen molar-refractivity contribution in [3.8, 4) is 0 Å². The highest BCUT2D eigenvalue weighted by atomic mass is 16.6. The first kappa shape index (κ1) is 12.3. The lowest BCUT2D eigenvalue weighted by atomic mass is 10.0. The second-order valence-electron chi connectivity index (χ2n) is 4.65. The van der Waals surface area contributed by atoms with Crippen LogP contribution in [0.15, 0.2) is 0 Å². The highest BCUT2D eigenvalue weighted by Gasteiger charge is 2.35. The molecule has 0 aromatic carbocycles. The maximum absolute atomic E-state index is 11.9. The fourth-order valence-corrected chi connectivity index (χ4v) is 2.46. The third kappa shape index (κ3) is 2.42. The molecule has 2 aliphatic rings. The predicted molar refractivity (Wildman–Crippen MR) is 59.3 cm³/mol. The topological polar surface area (TPSA) is 70.1 Å². The van der Waals surface area contributed by atoms with E-state index in [1.807, 2.05) is 4.90 Å². The van der Waals surface area contributed by atoms with Gasteiger partial charge < -0.3 is 9.84 Å². The molecule has 2 atom stereocenters. The van der Waals surface area contributed by atoms with Gasteiger partial charge >= 0.3 is 6.09 Å². The lowest BCUT2D eigenvalue weighted by Crippen LogP contribution is -2.44. The molecule has 2 unspecified atom stereocenters. The number of aliphatic hydroxyl groups is 1. The monoisotopic (exact) mass is 242 g/mol. The Morgan fingerprint density at radius 1 is 1.53 bits per heavy atom. The van der Waals surface area contributed by atoms with Crippen molar-refractivity contribution in [3.05, 3.63) is 0 Å². The molecule has 2 saturated heterocycles. The number of aliphatic hydroxyl groups excluding tert-OH is 1. The maximum atomic E-state index is 11.9. The molecule has 2 fully saturated rings. The first-order chi connectivity index (χ1) is 8.13.